The maximum absolute atomic E-state index is 13.0. The van der Waals surface area contributed by atoms with Gasteiger partial charge in [-0.3, -0.25) is 23.6 Å². The van der Waals surface area contributed by atoms with E-state index in [1.807, 2.05) is 30.3 Å². The third-order valence-electron chi connectivity index (χ3n) is 9.59. The van der Waals surface area contributed by atoms with Crippen molar-refractivity contribution >= 4 is 97.3 Å². The first-order chi connectivity index (χ1) is 30.6. The molecule has 2 fully saturated rings. The second kappa shape index (κ2) is 22.9. The second-order valence-corrected chi connectivity index (χ2v) is 16.1. The lowest BCUT2D eigenvalue weighted by Crippen LogP contribution is -2.28. The van der Waals surface area contributed by atoms with Crippen molar-refractivity contribution in [3.05, 3.63) is 119 Å². The number of aromatic nitrogens is 6. The molecule has 2 amide bonds. The summed E-state index contributed by atoms with van der Waals surface area (Å²) in [6.07, 6.45) is 7.81. The van der Waals surface area contributed by atoms with Gasteiger partial charge >= 0.3 is 0 Å². The van der Waals surface area contributed by atoms with Gasteiger partial charge < -0.3 is 35.0 Å². The molecule has 0 saturated heterocycles. The normalized spacial score (nSPS) is 13.0. The second-order valence-electron chi connectivity index (χ2n) is 14.3. The standard InChI is InChI=1S/C21H20Cl2N4O3.C16H19N3O3.C4HCl3N2.CH3F/c1-24-19(28)11-30-18-8-14-6-13(7-16-15(22)9-25-21(23)26-16)4-5-17(14)27(20(18)29)10-12-2-3-12;1-18-15(20)9-22-14-7-11-6-12(17)4-5-13(11)19(16(14)21)8-10-2-3-10;5-2-1-8-4(7)9-3(2)6;1-2/h4-6,8-9,12H,2-3,7,10-11H2,1H3,(H,24,28);4-7,10H,2-3,8-9,17H2,1H3,(H,18,20);1H;1H3/i;;;1D. The molecule has 4 aromatic heterocycles. The third-order valence-corrected chi connectivity index (χ3v) is 10.9. The Morgan fingerprint density at radius 2 is 1.24 bits per heavy atom. The number of carbonyl (C=O) groups excluding carboxylic acids is 2. The van der Waals surface area contributed by atoms with Gasteiger partial charge in [-0.2, -0.15) is 0 Å². The number of benzene rings is 2. The number of hydrogen-bond acceptors (Lipinski definition) is 11. The number of halogens is 6. The number of carbonyl (C=O) groups is 2. The summed E-state index contributed by atoms with van der Waals surface area (Å²) in [6, 6.07) is 14.6. The molecule has 63 heavy (non-hydrogen) atoms. The van der Waals surface area contributed by atoms with Gasteiger partial charge in [0, 0.05) is 50.1 Å². The Bertz CT molecular complexity index is 2740. The molecule has 8 rings (SSSR count). The van der Waals surface area contributed by atoms with Crippen molar-refractivity contribution in [2.24, 2.45) is 11.8 Å². The van der Waals surface area contributed by atoms with E-state index in [2.05, 4.69) is 30.6 Å². The smallest absolute Gasteiger partial charge is 0.293 e. The number of fused-ring (bicyclic) bond motifs is 2. The Morgan fingerprint density at radius 1 is 0.762 bits per heavy atom. The van der Waals surface area contributed by atoms with Crippen LogP contribution in [0.4, 0.5) is 10.1 Å². The van der Waals surface area contributed by atoms with E-state index in [4.69, 9.17) is 74.6 Å². The molecule has 2 aliphatic rings. The van der Waals surface area contributed by atoms with Crippen LogP contribution in [-0.2, 0) is 29.1 Å². The molecule has 0 radical (unpaired) electrons. The zero-order valence-electron chi connectivity index (χ0n) is 35.0. The molecule has 4 N–H and O–H groups in total. The number of ether oxygens (including phenoxy) is 2. The van der Waals surface area contributed by atoms with E-state index in [0.717, 1.165) is 53.1 Å². The maximum atomic E-state index is 13.0. The average Bonchev–Trinajstić information content (AvgIpc) is 4.22. The van der Waals surface area contributed by atoms with E-state index in [-0.39, 0.29) is 63.4 Å². The maximum Gasteiger partial charge on any atom is 0.293 e. The van der Waals surface area contributed by atoms with Crippen LogP contribution in [0.2, 0.25) is 25.8 Å². The largest absolute Gasteiger partial charge is 0.478 e. The van der Waals surface area contributed by atoms with E-state index in [1.165, 1.54) is 26.5 Å². The fraction of sp³-hybridized carbons (Fsp3) is 0.333. The van der Waals surface area contributed by atoms with Gasteiger partial charge in [-0.25, -0.2) is 19.9 Å². The number of hydrogen-bond donors (Lipinski definition) is 3. The van der Waals surface area contributed by atoms with Gasteiger partial charge in [0.2, 0.25) is 10.6 Å². The van der Waals surface area contributed by atoms with Gasteiger partial charge in [0.05, 0.1) is 47.7 Å². The lowest BCUT2D eigenvalue weighted by atomic mass is 10.1. The van der Waals surface area contributed by atoms with Gasteiger partial charge in [0.25, 0.3) is 22.9 Å². The van der Waals surface area contributed by atoms with Crippen LogP contribution in [0.15, 0.2) is 70.5 Å². The van der Waals surface area contributed by atoms with E-state index in [0.29, 0.717) is 52.8 Å². The zero-order chi connectivity index (χ0) is 46.5. The number of amides is 2. The predicted molar refractivity (Wildman–Crippen MR) is 244 cm³/mol. The quantitative estimate of drug-likeness (QED) is 0.0629. The highest BCUT2D eigenvalue weighted by Crippen LogP contribution is 2.33. The highest BCUT2D eigenvalue weighted by molar-refractivity contribution is 6.41. The molecule has 0 atom stereocenters. The van der Waals surface area contributed by atoms with Crippen LogP contribution in [0, 0.1) is 11.8 Å². The summed E-state index contributed by atoms with van der Waals surface area (Å²) < 4.78 is 29.9. The fourth-order valence-corrected chi connectivity index (χ4v) is 6.75. The summed E-state index contributed by atoms with van der Waals surface area (Å²) >= 11 is 28.4. The van der Waals surface area contributed by atoms with Gasteiger partial charge in [-0.15, -0.1) is 0 Å². The number of nitrogens with one attached hydrogen (secondary N) is 2. The molecule has 2 aliphatic carbocycles. The molecular weight excluding hydrogens is 923 g/mol. The number of nitrogens with zero attached hydrogens (tertiary/aromatic N) is 6. The molecule has 2 saturated carbocycles. The van der Waals surface area contributed by atoms with Crippen LogP contribution in [0.1, 0.15) is 38.3 Å². The first-order valence-electron chi connectivity index (χ1n) is 20.0. The number of likely N-dealkylation sites (N-methyl/N-ethyl adjacent to an activating group) is 2. The summed E-state index contributed by atoms with van der Waals surface area (Å²) in [6.45, 7) is 0.925. The van der Waals surface area contributed by atoms with Gasteiger partial charge in [0.1, 0.15) is 0 Å². The monoisotopic (exact) mass is 964 g/mol. The molecule has 0 bridgehead atoms. The number of rotatable bonds is 12. The Kier molecular flexibility index (Phi) is 17.2. The van der Waals surface area contributed by atoms with Crippen molar-refractivity contribution in [3.8, 4) is 11.5 Å². The number of pyridine rings is 2. The van der Waals surface area contributed by atoms with Crippen molar-refractivity contribution in [1.29, 1.82) is 0 Å². The lowest BCUT2D eigenvalue weighted by molar-refractivity contribution is -0.123. The molecule has 21 heteroatoms. The van der Waals surface area contributed by atoms with E-state index in [9.17, 15) is 23.6 Å². The van der Waals surface area contributed by atoms with Crippen LogP contribution >= 0.6 is 58.0 Å². The molecular formula is C42H43Cl5FN9O6. The summed E-state index contributed by atoms with van der Waals surface area (Å²) in [5.74, 6) is 0.817. The molecule has 4 heterocycles. The van der Waals surface area contributed by atoms with Crippen molar-refractivity contribution in [1.82, 2.24) is 39.7 Å². The van der Waals surface area contributed by atoms with E-state index < -0.39 is 7.15 Å². The fourth-order valence-electron chi connectivity index (χ4n) is 6.04. The van der Waals surface area contributed by atoms with Crippen molar-refractivity contribution < 1.29 is 24.8 Å². The summed E-state index contributed by atoms with van der Waals surface area (Å²) in [5, 5.41) is 7.80. The summed E-state index contributed by atoms with van der Waals surface area (Å²) in [4.78, 5) is 63.7. The van der Waals surface area contributed by atoms with Crippen LogP contribution in [-0.4, -0.2) is 75.3 Å². The Balaban J connectivity index is 0.000000197. The van der Waals surface area contributed by atoms with E-state index >= 15 is 0 Å². The minimum absolute atomic E-state index is 0.101. The van der Waals surface area contributed by atoms with Gasteiger partial charge in [-0.1, -0.05) is 40.9 Å². The Hall–Kier alpha value is -5.26. The molecule has 15 nitrogen and oxygen atoms in total. The predicted octanol–water partition coefficient (Wildman–Crippen LogP) is 7.36. The lowest BCUT2D eigenvalue weighted by Gasteiger charge is -2.14. The molecule has 6 aromatic rings. The molecule has 2 aromatic carbocycles. The van der Waals surface area contributed by atoms with Crippen LogP contribution in [0.25, 0.3) is 21.8 Å². The first kappa shape index (κ1) is 47.2. The molecule has 334 valence electrons. The van der Waals surface area contributed by atoms with Crippen molar-refractivity contribution in [3.63, 3.8) is 0 Å². The molecule has 0 unspecified atom stereocenters. The zero-order valence-corrected chi connectivity index (χ0v) is 37.8. The summed E-state index contributed by atoms with van der Waals surface area (Å²) in [7, 11) is 2.05. The van der Waals surface area contributed by atoms with Crippen LogP contribution < -0.4 is 37.0 Å². The number of alkyl halides is 1. The molecule has 0 aliphatic heterocycles. The van der Waals surface area contributed by atoms with Gasteiger partial charge in [-0.05, 0) is 109 Å². The van der Waals surface area contributed by atoms with Crippen LogP contribution in [0.3, 0.4) is 0 Å². The first-order valence-corrected chi connectivity index (χ1v) is 21.1. The average molecular weight is 967 g/mol. The highest BCUT2D eigenvalue weighted by Gasteiger charge is 2.25. The van der Waals surface area contributed by atoms with Crippen LogP contribution in [0.5, 0.6) is 11.5 Å². The Morgan fingerprint density at radius 3 is 1.71 bits per heavy atom. The highest BCUT2D eigenvalue weighted by atomic mass is 35.5. The number of anilines is 1. The minimum atomic E-state index is -1.00. The van der Waals surface area contributed by atoms with Crippen molar-refractivity contribution in [2.45, 2.75) is 45.2 Å². The topological polar surface area (TPSA) is 198 Å². The number of nitrogen functional groups attached to an aromatic ring is 1. The SMILES string of the molecule is CNC(=O)COc1cc2cc(Cc3nc(Cl)ncc3Cl)ccc2n(CC2CC2)c1=O.CNC(=O)COc1cc2cc(N)ccc2n(CC2CC2)c1=O.Clc1ncc(Cl)c(Cl)n1.[2H]CF. The summed E-state index contributed by atoms with van der Waals surface area (Å²) in [5.41, 5.74) is 9.28. The minimum Gasteiger partial charge on any atom is -0.478 e. The Labute approximate surface area is 387 Å². The molecule has 0 spiro atoms. The van der Waals surface area contributed by atoms with E-state index in [1.54, 1.807) is 27.3 Å². The third kappa shape index (κ3) is 13.9. The number of nitrogens with two attached hydrogens (primary N) is 1. The van der Waals surface area contributed by atoms with Crippen molar-refractivity contribution in [2.75, 3.05) is 40.2 Å². The van der Waals surface area contributed by atoms with Gasteiger partial charge in [0.15, 0.2) is 29.9 Å².